The maximum Gasteiger partial charge on any atom is 0.337 e. The lowest BCUT2D eigenvalue weighted by atomic mass is 9.76. The third-order valence-electron chi connectivity index (χ3n) is 5.43. The minimum absolute atomic E-state index is 0.0171. The van der Waals surface area contributed by atoms with Gasteiger partial charge in [-0.05, 0) is 47.7 Å². The lowest BCUT2D eigenvalue weighted by Gasteiger charge is -2.38. The first-order chi connectivity index (χ1) is 13.0. The largest absolute Gasteiger partial charge is 0.493 e. The van der Waals surface area contributed by atoms with Crippen molar-refractivity contribution >= 4 is 27.6 Å². The average Bonchev–Trinajstić information content (AvgIpc) is 3.16. The minimum Gasteiger partial charge on any atom is -0.493 e. The highest BCUT2D eigenvalue weighted by Crippen LogP contribution is 2.52. The predicted molar refractivity (Wildman–Crippen MR) is 107 cm³/mol. The van der Waals surface area contributed by atoms with Crippen LogP contribution in [0.4, 0.5) is 5.69 Å². The third kappa shape index (κ3) is 2.98. The summed E-state index contributed by atoms with van der Waals surface area (Å²) in [4.78, 5) is 11.8. The number of methoxy groups -OCH3 is 2. The van der Waals surface area contributed by atoms with Crippen LogP contribution in [0.25, 0.3) is 0 Å². The number of rotatable bonds is 4. The standard InChI is InChI=1S/C21H20BrNO4/c1-26-17-7-6-11(8-18(17)27-2)19-14-5-3-4-13(14)15-9-12(22)10-16(21(24)25)20(15)23-19/h3-4,6-10,13-14,19,23H,5H2,1-2H3,(H,24,25)/t13-,14+,19+/m1/s1. The quantitative estimate of drug-likeness (QED) is 0.669. The number of aromatic carboxylic acids is 1. The Balaban J connectivity index is 1.83. The van der Waals surface area contributed by atoms with E-state index in [4.69, 9.17) is 9.47 Å². The van der Waals surface area contributed by atoms with Crippen molar-refractivity contribution in [3.63, 3.8) is 0 Å². The first-order valence-corrected chi connectivity index (χ1v) is 9.54. The Hall–Kier alpha value is -2.47. The molecule has 0 saturated carbocycles. The van der Waals surface area contributed by atoms with E-state index >= 15 is 0 Å². The number of fused-ring (bicyclic) bond motifs is 3. The van der Waals surface area contributed by atoms with E-state index in [9.17, 15) is 9.90 Å². The molecule has 4 rings (SSSR count). The molecular formula is C21H20BrNO4. The van der Waals surface area contributed by atoms with Gasteiger partial charge >= 0.3 is 5.97 Å². The van der Waals surface area contributed by atoms with Crippen LogP contribution in [0.1, 0.15) is 39.9 Å². The number of ether oxygens (including phenoxy) is 2. The molecule has 1 aliphatic carbocycles. The van der Waals surface area contributed by atoms with Crippen molar-refractivity contribution in [2.24, 2.45) is 5.92 Å². The van der Waals surface area contributed by atoms with Gasteiger partial charge in [-0.2, -0.15) is 0 Å². The molecule has 0 unspecified atom stereocenters. The van der Waals surface area contributed by atoms with E-state index in [0.29, 0.717) is 23.1 Å². The maximum absolute atomic E-state index is 11.8. The van der Waals surface area contributed by atoms with E-state index < -0.39 is 5.97 Å². The van der Waals surface area contributed by atoms with Crippen molar-refractivity contribution in [3.05, 3.63) is 63.6 Å². The predicted octanol–water partition coefficient (Wildman–Crippen LogP) is 4.99. The Morgan fingerprint density at radius 3 is 2.67 bits per heavy atom. The molecule has 2 aromatic carbocycles. The normalized spacial score (nSPS) is 22.6. The van der Waals surface area contributed by atoms with Gasteiger partial charge < -0.3 is 19.9 Å². The van der Waals surface area contributed by atoms with Crippen LogP contribution in [0.15, 0.2) is 47.0 Å². The number of hydrogen-bond donors (Lipinski definition) is 2. The first-order valence-electron chi connectivity index (χ1n) is 8.75. The number of carbonyl (C=O) groups is 1. The van der Waals surface area contributed by atoms with Gasteiger partial charge in [0, 0.05) is 10.4 Å². The van der Waals surface area contributed by atoms with Crippen molar-refractivity contribution in [2.45, 2.75) is 18.4 Å². The Kier molecular flexibility index (Phi) is 4.60. The SMILES string of the molecule is COc1ccc([C@@H]2Nc3c(C(=O)O)cc(Br)cc3[C@@H]3C=CC[C@@H]32)cc1OC. The van der Waals surface area contributed by atoms with E-state index in [1.165, 1.54) is 0 Å². The highest BCUT2D eigenvalue weighted by molar-refractivity contribution is 9.10. The molecule has 27 heavy (non-hydrogen) atoms. The van der Waals surface area contributed by atoms with Crippen molar-refractivity contribution in [1.82, 2.24) is 0 Å². The van der Waals surface area contributed by atoms with Crippen LogP contribution in [0.3, 0.4) is 0 Å². The van der Waals surface area contributed by atoms with Crippen LogP contribution >= 0.6 is 15.9 Å². The van der Waals surface area contributed by atoms with Gasteiger partial charge in [0.15, 0.2) is 11.5 Å². The van der Waals surface area contributed by atoms with Crippen molar-refractivity contribution in [1.29, 1.82) is 0 Å². The molecule has 5 nitrogen and oxygen atoms in total. The van der Waals surface area contributed by atoms with Gasteiger partial charge in [-0.3, -0.25) is 0 Å². The molecular weight excluding hydrogens is 410 g/mol. The zero-order chi connectivity index (χ0) is 19.1. The lowest BCUT2D eigenvalue weighted by Crippen LogP contribution is -2.30. The van der Waals surface area contributed by atoms with Gasteiger partial charge in [0.25, 0.3) is 0 Å². The zero-order valence-corrected chi connectivity index (χ0v) is 16.6. The summed E-state index contributed by atoms with van der Waals surface area (Å²) in [6.07, 6.45) is 5.31. The second kappa shape index (κ2) is 6.93. The molecule has 0 spiro atoms. The van der Waals surface area contributed by atoms with Gasteiger partial charge in [-0.1, -0.05) is 34.1 Å². The van der Waals surface area contributed by atoms with E-state index in [0.717, 1.165) is 22.0 Å². The topological polar surface area (TPSA) is 67.8 Å². The Morgan fingerprint density at radius 2 is 1.96 bits per heavy atom. The molecule has 0 fully saturated rings. The number of allylic oxidation sites excluding steroid dienone is 2. The maximum atomic E-state index is 11.8. The van der Waals surface area contributed by atoms with Gasteiger partial charge in [-0.25, -0.2) is 4.79 Å². The molecule has 0 amide bonds. The van der Waals surface area contributed by atoms with Gasteiger partial charge in [-0.15, -0.1) is 0 Å². The summed E-state index contributed by atoms with van der Waals surface area (Å²) in [7, 11) is 3.23. The lowest BCUT2D eigenvalue weighted by molar-refractivity contribution is 0.0697. The summed E-state index contributed by atoms with van der Waals surface area (Å²) >= 11 is 3.46. The summed E-state index contributed by atoms with van der Waals surface area (Å²) in [6, 6.07) is 9.53. The van der Waals surface area contributed by atoms with Crippen molar-refractivity contribution < 1.29 is 19.4 Å². The third-order valence-corrected chi connectivity index (χ3v) is 5.89. The Morgan fingerprint density at radius 1 is 1.19 bits per heavy atom. The Bertz CT molecular complexity index is 940. The van der Waals surface area contributed by atoms with Crippen LogP contribution in [0.2, 0.25) is 0 Å². The van der Waals surface area contributed by atoms with E-state index in [1.807, 2.05) is 24.3 Å². The molecule has 0 saturated heterocycles. The fourth-order valence-electron chi connectivity index (χ4n) is 4.21. The molecule has 2 N–H and O–H groups in total. The summed E-state index contributed by atoms with van der Waals surface area (Å²) in [5.74, 6) is 0.890. The summed E-state index contributed by atoms with van der Waals surface area (Å²) < 4.78 is 11.6. The van der Waals surface area contributed by atoms with Crippen molar-refractivity contribution in [3.8, 4) is 11.5 Å². The fourth-order valence-corrected chi connectivity index (χ4v) is 4.68. The molecule has 2 aliphatic rings. The van der Waals surface area contributed by atoms with E-state index in [1.54, 1.807) is 20.3 Å². The van der Waals surface area contributed by atoms with E-state index in [-0.39, 0.29) is 17.5 Å². The molecule has 1 heterocycles. The second-order valence-corrected chi connectivity index (χ2v) is 7.73. The van der Waals surface area contributed by atoms with Gasteiger partial charge in [0.1, 0.15) is 0 Å². The Labute approximate surface area is 166 Å². The van der Waals surface area contributed by atoms with Crippen LogP contribution in [0.5, 0.6) is 11.5 Å². The smallest absolute Gasteiger partial charge is 0.337 e. The number of hydrogen-bond acceptors (Lipinski definition) is 4. The van der Waals surface area contributed by atoms with Gasteiger partial charge in [0.05, 0.1) is 31.5 Å². The zero-order valence-electron chi connectivity index (χ0n) is 15.0. The average molecular weight is 430 g/mol. The number of carboxylic acid groups (broad SMARTS) is 1. The van der Waals surface area contributed by atoms with E-state index in [2.05, 4.69) is 33.4 Å². The van der Waals surface area contributed by atoms with Gasteiger partial charge in [0.2, 0.25) is 0 Å². The molecule has 0 aromatic heterocycles. The molecule has 0 radical (unpaired) electrons. The monoisotopic (exact) mass is 429 g/mol. The molecule has 140 valence electrons. The molecule has 2 aromatic rings. The number of carboxylic acids is 1. The second-order valence-electron chi connectivity index (χ2n) is 6.81. The number of anilines is 1. The minimum atomic E-state index is -0.938. The molecule has 3 atom stereocenters. The highest BCUT2D eigenvalue weighted by Gasteiger charge is 2.39. The van der Waals surface area contributed by atoms with Crippen LogP contribution < -0.4 is 14.8 Å². The fraction of sp³-hybridized carbons (Fsp3) is 0.286. The summed E-state index contributed by atoms with van der Waals surface area (Å²) in [6.45, 7) is 0. The van der Waals surface area contributed by atoms with Crippen LogP contribution in [-0.2, 0) is 0 Å². The molecule has 1 aliphatic heterocycles. The number of nitrogens with one attached hydrogen (secondary N) is 1. The van der Waals surface area contributed by atoms with Crippen LogP contribution in [0, 0.1) is 5.92 Å². The van der Waals surface area contributed by atoms with Crippen LogP contribution in [-0.4, -0.2) is 25.3 Å². The summed E-state index contributed by atoms with van der Waals surface area (Å²) in [5.41, 5.74) is 3.05. The number of benzene rings is 2. The number of halogens is 1. The highest BCUT2D eigenvalue weighted by atomic mass is 79.9. The van der Waals surface area contributed by atoms with Crippen molar-refractivity contribution in [2.75, 3.05) is 19.5 Å². The summed E-state index contributed by atoms with van der Waals surface area (Å²) in [5, 5.41) is 13.2. The first kappa shape index (κ1) is 17.9. The molecule has 6 heteroatoms. The molecule has 0 bridgehead atoms.